The fourth-order valence-corrected chi connectivity index (χ4v) is 6.34. The Balaban J connectivity index is 1.51. The van der Waals surface area contributed by atoms with Gasteiger partial charge in [0, 0.05) is 42.5 Å². The van der Waals surface area contributed by atoms with Gasteiger partial charge in [0.15, 0.2) is 0 Å². The Morgan fingerprint density at radius 2 is 1.83 bits per heavy atom. The second-order valence-electron chi connectivity index (χ2n) is 6.81. The van der Waals surface area contributed by atoms with E-state index in [1.54, 1.807) is 0 Å². The molecule has 0 radical (unpaired) electrons. The number of rotatable bonds is 4. The quantitative estimate of drug-likeness (QED) is 0.355. The van der Waals surface area contributed by atoms with Crippen molar-refractivity contribution < 1.29 is 13.3 Å². The Morgan fingerprint density at radius 3 is 2.53 bits per heavy atom. The number of fused-ring (bicyclic) bond motifs is 3. The van der Waals surface area contributed by atoms with Crippen LogP contribution in [0.3, 0.4) is 0 Å². The van der Waals surface area contributed by atoms with Crippen LogP contribution in [-0.4, -0.2) is 38.7 Å². The molecule has 0 spiro atoms. The first-order valence-corrected chi connectivity index (χ1v) is 11.3. The number of non-ortho nitro benzene ring substituents is 1. The number of sulfonamides is 1. The molecule has 0 saturated heterocycles. The van der Waals surface area contributed by atoms with Crippen LogP contribution in [0, 0.1) is 10.1 Å². The van der Waals surface area contributed by atoms with Crippen molar-refractivity contribution in [3.63, 3.8) is 0 Å². The summed E-state index contributed by atoms with van der Waals surface area (Å²) in [6.07, 6.45) is 5.90. The van der Waals surface area contributed by atoms with Gasteiger partial charge >= 0.3 is 0 Å². The minimum Gasteiger partial charge on any atom is -0.308 e. The highest BCUT2D eigenvalue weighted by Gasteiger charge is 2.31. The molecule has 1 aliphatic heterocycles. The molecule has 0 aliphatic carbocycles. The molecule has 3 aromatic heterocycles. The second-order valence-corrected chi connectivity index (χ2v) is 9.83. The van der Waals surface area contributed by atoms with Crippen LogP contribution >= 0.6 is 11.3 Å². The molecule has 0 amide bonds. The lowest BCUT2D eigenvalue weighted by Gasteiger charge is -2.26. The number of nitro groups is 1. The van der Waals surface area contributed by atoms with Crippen molar-refractivity contribution in [2.24, 2.45) is 0 Å². The van der Waals surface area contributed by atoms with Gasteiger partial charge in [-0.2, -0.15) is 4.31 Å². The van der Waals surface area contributed by atoms with Crippen LogP contribution in [0.4, 0.5) is 5.69 Å². The van der Waals surface area contributed by atoms with Crippen LogP contribution < -0.4 is 0 Å². The molecule has 5 rings (SSSR count). The molecule has 4 aromatic rings. The molecule has 11 heteroatoms. The van der Waals surface area contributed by atoms with E-state index in [-0.39, 0.29) is 17.1 Å². The molecule has 152 valence electrons. The van der Waals surface area contributed by atoms with E-state index in [1.807, 2.05) is 29.1 Å². The molecule has 1 aliphatic rings. The topological polar surface area (TPSA) is 111 Å². The summed E-state index contributed by atoms with van der Waals surface area (Å²) in [5, 5.41) is 11.8. The number of benzene rings is 1. The number of nitrogens with zero attached hydrogens (tertiary/aromatic N) is 5. The SMILES string of the molecule is O=[N+]([O-])c1ccc(S(=O)(=O)N2CCc3c(sc4ncnc(-n5cccc5)c34)C2)cc1. The highest BCUT2D eigenvalue weighted by Crippen LogP contribution is 2.38. The molecular weight excluding hydrogens is 426 g/mol. The van der Waals surface area contributed by atoms with Crippen molar-refractivity contribution in [1.82, 2.24) is 18.8 Å². The van der Waals surface area contributed by atoms with E-state index in [2.05, 4.69) is 9.97 Å². The molecule has 0 bridgehead atoms. The van der Waals surface area contributed by atoms with Crippen LogP contribution in [0.5, 0.6) is 0 Å². The maximum atomic E-state index is 13.1. The molecular formula is C19H15N5O4S2. The fourth-order valence-electron chi connectivity index (χ4n) is 3.65. The third kappa shape index (κ3) is 2.98. The monoisotopic (exact) mass is 441 g/mol. The minimum absolute atomic E-state index is 0.0467. The van der Waals surface area contributed by atoms with Gasteiger partial charge in [-0.3, -0.25) is 10.1 Å². The van der Waals surface area contributed by atoms with Gasteiger partial charge in [-0.1, -0.05) is 0 Å². The zero-order valence-corrected chi connectivity index (χ0v) is 17.1. The third-order valence-corrected chi connectivity index (χ3v) is 8.10. The molecule has 4 heterocycles. The summed E-state index contributed by atoms with van der Waals surface area (Å²) < 4.78 is 29.5. The third-order valence-electron chi connectivity index (χ3n) is 5.12. The summed E-state index contributed by atoms with van der Waals surface area (Å²) in [5.74, 6) is 0.786. The summed E-state index contributed by atoms with van der Waals surface area (Å²) in [6.45, 7) is 0.555. The van der Waals surface area contributed by atoms with Crippen molar-refractivity contribution in [2.45, 2.75) is 17.9 Å². The van der Waals surface area contributed by atoms with Gasteiger partial charge in [-0.25, -0.2) is 18.4 Å². The van der Waals surface area contributed by atoms with Crippen LogP contribution in [0.1, 0.15) is 10.4 Å². The predicted octanol–water partition coefficient (Wildman–Crippen LogP) is 3.14. The van der Waals surface area contributed by atoms with E-state index < -0.39 is 14.9 Å². The lowest BCUT2D eigenvalue weighted by Crippen LogP contribution is -2.35. The van der Waals surface area contributed by atoms with Crippen molar-refractivity contribution >= 4 is 37.3 Å². The Labute approximate surface area is 175 Å². The summed E-state index contributed by atoms with van der Waals surface area (Å²) in [6, 6.07) is 8.82. The molecule has 0 atom stereocenters. The van der Waals surface area contributed by atoms with Crippen LogP contribution in [0.15, 0.2) is 60.0 Å². The molecule has 9 nitrogen and oxygen atoms in total. The fraction of sp³-hybridized carbons (Fsp3) is 0.158. The van der Waals surface area contributed by atoms with Gasteiger partial charge in [0.25, 0.3) is 5.69 Å². The minimum atomic E-state index is -3.76. The van der Waals surface area contributed by atoms with Crippen molar-refractivity contribution in [3.8, 4) is 5.82 Å². The Hall–Kier alpha value is -3.15. The number of hydrogen-bond donors (Lipinski definition) is 0. The van der Waals surface area contributed by atoms with E-state index in [0.29, 0.717) is 13.0 Å². The molecule has 30 heavy (non-hydrogen) atoms. The van der Waals surface area contributed by atoms with E-state index in [1.165, 1.54) is 46.2 Å². The van der Waals surface area contributed by atoms with Gasteiger partial charge in [-0.05, 0) is 36.2 Å². The summed E-state index contributed by atoms with van der Waals surface area (Å²) in [5.41, 5.74) is 0.935. The maximum Gasteiger partial charge on any atom is 0.269 e. The Bertz CT molecular complexity index is 1360. The van der Waals surface area contributed by atoms with Gasteiger partial charge in [0.2, 0.25) is 10.0 Å². The Morgan fingerprint density at radius 1 is 1.10 bits per heavy atom. The van der Waals surface area contributed by atoms with E-state index in [4.69, 9.17) is 0 Å². The predicted molar refractivity (Wildman–Crippen MR) is 111 cm³/mol. The zero-order chi connectivity index (χ0) is 20.9. The normalized spacial score (nSPS) is 14.7. The first-order valence-electron chi connectivity index (χ1n) is 9.08. The second kappa shape index (κ2) is 6.97. The maximum absolute atomic E-state index is 13.1. The van der Waals surface area contributed by atoms with E-state index in [0.717, 1.165) is 26.5 Å². The van der Waals surface area contributed by atoms with Crippen molar-refractivity contribution in [3.05, 3.63) is 75.7 Å². The largest absolute Gasteiger partial charge is 0.308 e. The highest BCUT2D eigenvalue weighted by molar-refractivity contribution is 7.89. The standard InChI is InChI=1S/C19H15N5O4S2/c25-24(26)13-3-5-14(6-4-13)30(27,28)23-10-7-15-16(11-23)29-19-17(15)18(20-12-21-19)22-8-1-2-9-22/h1-6,8-9,12H,7,10-11H2. The molecule has 0 unspecified atom stereocenters. The lowest BCUT2D eigenvalue weighted by molar-refractivity contribution is -0.384. The van der Waals surface area contributed by atoms with Gasteiger partial charge < -0.3 is 4.57 Å². The Kier molecular flexibility index (Phi) is 4.38. The van der Waals surface area contributed by atoms with Crippen LogP contribution in [-0.2, 0) is 23.0 Å². The number of thiophene rings is 1. The van der Waals surface area contributed by atoms with Crippen LogP contribution in [0.25, 0.3) is 16.0 Å². The summed E-state index contributed by atoms with van der Waals surface area (Å²) >= 11 is 1.47. The smallest absolute Gasteiger partial charge is 0.269 e. The summed E-state index contributed by atoms with van der Waals surface area (Å²) in [4.78, 5) is 20.9. The molecule has 1 aromatic carbocycles. The van der Waals surface area contributed by atoms with Crippen LogP contribution in [0.2, 0.25) is 0 Å². The first-order chi connectivity index (χ1) is 14.4. The number of hydrogen-bond acceptors (Lipinski definition) is 7. The molecule has 0 N–H and O–H groups in total. The molecule has 0 saturated carbocycles. The first kappa shape index (κ1) is 18.9. The average Bonchev–Trinajstić information content (AvgIpc) is 3.41. The van der Waals surface area contributed by atoms with Gasteiger partial charge in [-0.15, -0.1) is 11.3 Å². The molecule has 0 fully saturated rings. The zero-order valence-electron chi connectivity index (χ0n) is 15.5. The van der Waals surface area contributed by atoms with Gasteiger partial charge in [0.05, 0.1) is 15.2 Å². The van der Waals surface area contributed by atoms with E-state index >= 15 is 0 Å². The van der Waals surface area contributed by atoms with Gasteiger partial charge in [0.1, 0.15) is 17.0 Å². The average molecular weight is 441 g/mol. The summed E-state index contributed by atoms with van der Waals surface area (Å²) in [7, 11) is -3.76. The number of nitro benzene ring substituents is 1. The van der Waals surface area contributed by atoms with E-state index in [9.17, 15) is 18.5 Å². The number of aromatic nitrogens is 3. The lowest BCUT2D eigenvalue weighted by atomic mass is 10.1. The van der Waals surface area contributed by atoms with Crippen molar-refractivity contribution in [1.29, 1.82) is 0 Å². The highest BCUT2D eigenvalue weighted by atomic mass is 32.2. The van der Waals surface area contributed by atoms with Crippen molar-refractivity contribution in [2.75, 3.05) is 6.54 Å².